The summed E-state index contributed by atoms with van der Waals surface area (Å²) in [4.78, 5) is 11.5. The van der Waals surface area contributed by atoms with E-state index in [0.29, 0.717) is 17.1 Å². The van der Waals surface area contributed by atoms with Gasteiger partial charge in [0.05, 0.1) is 19.5 Å². The van der Waals surface area contributed by atoms with Crippen LogP contribution < -0.4 is 20.5 Å². The number of carbonyl (C=O) groups is 1. The molecule has 0 saturated heterocycles. The number of hydrogen-bond acceptors (Lipinski definition) is 4. The molecular formula is C12H15ClF2N2O3. The zero-order valence-corrected chi connectivity index (χ0v) is 11.3. The van der Waals surface area contributed by atoms with E-state index in [0.717, 1.165) is 0 Å². The van der Waals surface area contributed by atoms with E-state index in [-0.39, 0.29) is 25.6 Å². The number of carbonyl (C=O) groups excluding carboxylic acids is 1. The SMILES string of the molecule is Cl.NCC(F)(F)CNC(=O)Cc1ccc2c(c1)OCO2. The highest BCUT2D eigenvalue weighted by Crippen LogP contribution is 2.32. The molecule has 2 rings (SSSR count). The molecule has 1 amide bonds. The first kappa shape index (κ1) is 16.5. The van der Waals surface area contributed by atoms with Gasteiger partial charge in [-0.15, -0.1) is 12.4 Å². The summed E-state index contributed by atoms with van der Waals surface area (Å²) in [6, 6.07) is 5.02. The smallest absolute Gasteiger partial charge is 0.277 e. The molecule has 0 atom stereocenters. The number of halogens is 3. The molecule has 3 N–H and O–H groups in total. The second-order valence-electron chi connectivity index (χ2n) is 4.20. The van der Waals surface area contributed by atoms with Gasteiger partial charge in [-0.1, -0.05) is 6.07 Å². The van der Waals surface area contributed by atoms with Crippen LogP contribution in [0.1, 0.15) is 5.56 Å². The van der Waals surface area contributed by atoms with Crippen LogP contribution >= 0.6 is 12.4 Å². The van der Waals surface area contributed by atoms with Crippen molar-refractivity contribution >= 4 is 18.3 Å². The average molecular weight is 309 g/mol. The van der Waals surface area contributed by atoms with Crippen LogP contribution in [0.15, 0.2) is 18.2 Å². The fraction of sp³-hybridized carbons (Fsp3) is 0.417. The van der Waals surface area contributed by atoms with Crippen molar-refractivity contribution in [1.82, 2.24) is 5.32 Å². The van der Waals surface area contributed by atoms with Crippen molar-refractivity contribution in [3.8, 4) is 11.5 Å². The lowest BCUT2D eigenvalue weighted by Crippen LogP contribution is -2.42. The van der Waals surface area contributed by atoms with Crippen LogP contribution in [0.4, 0.5) is 8.78 Å². The Balaban J connectivity index is 0.00000200. The van der Waals surface area contributed by atoms with Gasteiger partial charge >= 0.3 is 0 Å². The van der Waals surface area contributed by atoms with E-state index in [1.54, 1.807) is 18.2 Å². The van der Waals surface area contributed by atoms with Crippen LogP contribution in [0.2, 0.25) is 0 Å². The number of nitrogens with one attached hydrogen (secondary N) is 1. The number of amides is 1. The maximum atomic E-state index is 12.9. The molecule has 0 bridgehead atoms. The first-order chi connectivity index (χ1) is 9.00. The van der Waals surface area contributed by atoms with Gasteiger partial charge in [-0.3, -0.25) is 4.79 Å². The summed E-state index contributed by atoms with van der Waals surface area (Å²) in [5, 5.41) is 2.15. The molecule has 1 aromatic rings. The Kier molecular flexibility index (Phi) is 5.52. The standard InChI is InChI=1S/C12H14F2N2O3.ClH/c13-12(14,5-15)6-16-11(17)4-8-1-2-9-10(3-8)19-7-18-9;/h1-3H,4-7,15H2,(H,16,17);1H. The summed E-state index contributed by atoms with van der Waals surface area (Å²) in [7, 11) is 0. The topological polar surface area (TPSA) is 73.6 Å². The highest BCUT2D eigenvalue weighted by atomic mass is 35.5. The molecule has 0 aliphatic carbocycles. The van der Waals surface area contributed by atoms with E-state index in [1.165, 1.54) is 0 Å². The summed E-state index contributed by atoms with van der Waals surface area (Å²) in [5.41, 5.74) is 5.54. The van der Waals surface area contributed by atoms with E-state index in [9.17, 15) is 13.6 Å². The third-order valence-electron chi connectivity index (χ3n) is 2.64. The monoisotopic (exact) mass is 308 g/mol. The highest BCUT2D eigenvalue weighted by Gasteiger charge is 2.27. The molecule has 112 valence electrons. The van der Waals surface area contributed by atoms with Crippen molar-refractivity contribution in [1.29, 1.82) is 0 Å². The van der Waals surface area contributed by atoms with Gasteiger partial charge in [0.1, 0.15) is 0 Å². The summed E-state index contributed by atoms with van der Waals surface area (Å²) in [6.07, 6.45) is -0.00269. The minimum absolute atomic E-state index is 0. The van der Waals surface area contributed by atoms with Gasteiger partial charge in [0, 0.05) is 0 Å². The number of ether oxygens (including phenoxy) is 2. The van der Waals surface area contributed by atoms with Gasteiger partial charge < -0.3 is 20.5 Å². The zero-order chi connectivity index (χ0) is 13.9. The predicted octanol–water partition coefficient (Wildman–Crippen LogP) is 1.09. The Hall–Kier alpha value is -1.60. The van der Waals surface area contributed by atoms with Gasteiger partial charge in [-0.2, -0.15) is 0 Å². The summed E-state index contributed by atoms with van der Waals surface area (Å²) >= 11 is 0. The van der Waals surface area contributed by atoms with Crippen molar-refractivity contribution in [3.05, 3.63) is 23.8 Å². The van der Waals surface area contributed by atoms with Crippen molar-refractivity contribution in [2.24, 2.45) is 5.73 Å². The molecule has 0 spiro atoms. The van der Waals surface area contributed by atoms with Gasteiger partial charge in [0.25, 0.3) is 5.92 Å². The minimum atomic E-state index is -3.08. The predicted molar refractivity (Wildman–Crippen MR) is 70.5 cm³/mol. The fourth-order valence-corrected chi connectivity index (χ4v) is 1.60. The highest BCUT2D eigenvalue weighted by molar-refractivity contribution is 5.85. The summed E-state index contributed by atoms with van der Waals surface area (Å²) in [6.45, 7) is -1.40. The van der Waals surface area contributed by atoms with Gasteiger partial charge in [0.15, 0.2) is 11.5 Å². The van der Waals surface area contributed by atoms with Crippen molar-refractivity contribution in [2.75, 3.05) is 19.9 Å². The van der Waals surface area contributed by atoms with E-state index >= 15 is 0 Å². The number of rotatable bonds is 5. The molecule has 20 heavy (non-hydrogen) atoms. The lowest BCUT2D eigenvalue weighted by Gasteiger charge is -2.14. The van der Waals surface area contributed by atoms with Crippen LogP contribution in [0.3, 0.4) is 0 Å². The first-order valence-corrected chi connectivity index (χ1v) is 5.73. The number of fused-ring (bicyclic) bond motifs is 1. The molecule has 1 aliphatic rings. The van der Waals surface area contributed by atoms with Gasteiger partial charge in [0.2, 0.25) is 12.7 Å². The number of nitrogens with two attached hydrogens (primary N) is 1. The van der Waals surface area contributed by atoms with Gasteiger partial charge in [-0.05, 0) is 17.7 Å². The quantitative estimate of drug-likeness (QED) is 0.854. The lowest BCUT2D eigenvalue weighted by molar-refractivity contribution is -0.122. The third kappa shape index (κ3) is 4.21. The molecule has 0 aromatic heterocycles. The average Bonchev–Trinajstić information content (AvgIpc) is 2.84. The van der Waals surface area contributed by atoms with Crippen LogP contribution in [0, 0.1) is 0 Å². The largest absolute Gasteiger partial charge is 0.454 e. The van der Waals surface area contributed by atoms with E-state index in [2.05, 4.69) is 5.32 Å². The Labute approximate surface area is 120 Å². The molecule has 8 heteroatoms. The molecule has 1 heterocycles. The van der Waals surface area contributed by atoms with E-state index in [1.807, 2.05) is 0 Å². The van der Waals surface area contributed by atoms with E-state index in [4.69, 9.17) is 15.2 Å². The first-order valence-electron chi connectivity index (χ1n) is 5.73. The summed E-state index contributed by atoms with van der Waals surface area (Å²) < 4.78 is 36.0. The molecule has 5 nitrogen and oxygen atoms in total. The van der Waals surface area contributed by atoms with Crippen molar-refractivity contribution < 1.29 is 23.0 Å². The Morgan fingerprint density at radius 1 is 1.35 bits per heavy atom. The molecule has 0 saturated carbocycles. The molecule has 0 unspecified atom stereocenters. The number of hydrogen-bond donors (Lipinski definition) is 2. The normalized spacial score (nSPS) is 12.8. The summed E-state index contributed by atoms with van der Waals surface area (Å²) in [5.74, 6) is -2.41. The van der Waals surface area contributed by atoms with Crippen LogP contribution in [-0.4, -0.2) is 31.7 Å². The Bertz CT molecular complexity index is 486. The van der Waals surface area contributed by atoms with Gasteiger partial charge in [-0.25, -0.2) is 8.78 Å². The molecule has 1 aromatic carbocycles. The number of alkyl halides is 2. The Morgan fingerprint density at radius 3 is 2.75 bits per heavy atom. The minimum Gasteiger partial charge on any atom is -0.454 e. The molecule has 0 radical (unpaired) electrons. The van der Waals surface area contributed by atoms with E-state index < -0.39 is 24.9 Å². The fourth-order valence-electron chi connectivity index (χ4n) is 1.60. The van der Waals surface area contributed by atoms with Crippen molar-refractivity contribution in [2.45, 2.75) is 12.3 Å². The third-order valence-corrected chi connectivity index (χ3v) is 2.64. The van der Waals surface area contributed by atoms with Crippen molar-refractivity contribution in [3.63, 3.8) is 0 Å². The van der Waals surface area contributed by atoms with Crippen LogP contribution in [0.5, 0.6) is 11.5 Å². The Morgan fingerprint density at radius 2 is 2.05 bits per heavy atom. The number of benzene rings is 1. The molecule has 0 fully saturated rings. The molecular weight excluding hydrogens is 294 g/mol. The second kappa shape index (κ2) is 6.71. The zero-order valence-electron chi connectivity index (χ0n) is 10.5. The van der Waals surface area contributed by atoms with Crippen LogP contribution in [-0.2, 0) is 11.2 Å². The molecule has 1 aliphatic heterocycles. The lowest BCUT2D eigenvalue weighted by atomic mass is 10.1. The maximum absolute atomic E-state index is 12.9. The van der Waals surface area contributed by atoms with Crippen LogP contribution in [0.25, 0.3) is 0 Å². The maximum Gasteiger partial charge on any atom is 0.277 e. The second-order valence-corrected chi connectivity index (χ2v) is 4.20.